The van der Waals surface area contributed by atoms with E-state index in [2.05, 4.69) is 15.2 Å². The summed E-state index contributed by atoms with van der Waals surface area (Å²) in [6.07, 6.45) is 0.760. The summed E-state index contributed by atoms with van der Waals surface area (Å²) in [5.41, 5.74) is 3.29. The van der Waals surface area contributed by atoms with Crippen molar-refractivity contribution >= 4 is 21.2 Å². The molecule has 2 aromatic heterocycles. The lowest BCUT2D eigenvalue weighted by Crippen LogP contribution is -2.14. The molecule has 32 heavy (non-hydrogen) atoms. The minimum atomic E-state index is -3.74. The van der Waals surface area contributed by atoms with E-state index in [-0.39, 0.29) is 10.9 Å². The predicted octanol–water partition coefficient (Wildman–Crippen LogP) is 4.77. The lowest BCUT2D eigenvalue weighted by Gasteiger charge is -2.09. The first-order chi connectivity index (χ1) is 15.4. The van der Waals surface area contributed by atoms with E-state index in [1.54, 1.807) is 17.1 Å². The van der Waals surface area contributed by atoms with Crippen molar-refractivity contribution in [2.24, 2.45) is 0 Å². The third kappa shape index (κ3) is 4.58. The number of thiazole rings is 1. The summed E-state index contributed by atoms with van der Waals surface area (Å²) in [7, 11) is -2.13. The second kappa shape index (κ2) is 9.22. The molecular weight excluding hydrogens is 444 g/mol. The Bertz CT molecular complexity index is 1340. The lowest BCUT2D eigenvalue weighted by molar-refractivity contribution is 0.415. The van der Waals surface area contributed by atoms with Gasteiger partial charge in [-0.2, -0.15) is 0 Å². The molecule has 0 saturated carbocycles. The normalized spacial score (nSPS) is 11.6. The Balaban J connectivity index is 1.65. The molecule has 2 aromatic carbocycles. The third-order valence-electron chi connectivity index (χ3n) is 4.92. The Morgan fingerprint density at radius 2 is 1.84 bits per heavy atom. The molecule has 0 bridgehead atoms. The minimum Gasteiger partial charge on any atom is -0.497 e. The zero-order valence-corrected chi connectivity index (χ0v) is 19.8. The molecule has 0 fully saturated rings. The summed E-state index contributed by atoms with van der Waals surface area (Å²) < 4.78 is 33.5. The maximum atomic E-state index is 13.3. The van der Waals surface area contributed by atoms with E-state index >= 15 is 0 Å². The van der Waals surface area contributed by atoms with Gasteiger partial charge in [0.25, 0.3) is 0 Å². The second-order valence-corrected chi connectivity index (χ2v) is 10.2. The fourth-order valence-electron chi connectivity index (χ4n) is 3.46. The molecule has 4 aromatic rings. The van der Waals surface area contributed by atoms with Crippen LogP contribution >= 0.6 is 11.3 Å². The molecule has 0 spiro atoms. The molecule has 0 aliphatic heterocycles. The summed E-state index contributed by atoms with van der Waals surface area (Å²) in [5, 5.41) is 10.8. The Kier molecular flexibility index (Phi) is 6.38. The highest BCUT2D eigenvalue weighted by molar-refractivity contribution is 7.90. The van der Waals surface area contributed by atoms with Gasteiger partial charge in [0.2, 0.25) is 15.0 Å². The van der Waals surface area contributed by atoms with Crippen LogP contribution in [0.5, 0.6) is 5.75 Å². The number of aryl methyl sites for hydroxylation is 1. The van der Waals surface area contributed by atoms with Crippen molar-refractivity contribution in [2.45, 2.75) is 37.7 Å². The highest BCUT2D eigenvalue weighted by Crippen LogP contribution is 2.29. The highest BCUT2D eigenvalue weighted by Gasteiger charge is 2.26. The fraction of sp³-hybridized carbons (Fsp3) is 0.261. The van der Waals surface area contributed by atoms with E-state index in [1.165, 1.54) is 11.3 Å². The molecule has 0 aliphatic rings. The van der Waals surface area contributed by atoms with Gasteiger partial charge in [0.15, 0.2) is 5.82 Å². The number of hydrogen-bond acceptors (Lipinski definition) is 7. The van der Waals surface area contributed by atoms with Gasteiger partial charge >= 0.3 is 0 Å². The zero-order valence-electron chi connectivity index (χ0n) is 18.1. The van der Waals surface area contributed by atoms with Crippen LogP contribution < -0.4 is 4.74 Å². The largest absolute Gasteiger partial charge is 0.497 e. The number of benzene rings is 2. The van der Waals surface area contributed by atoms with Crippen LogP contribution in [0, 0.1) is 6.92 Å². The maximum absolute atomic E-state index is 13.3. The average molecular weight is 469 g/mol. The van der Waals surface area contributed by atoms with Crippen molar-refractivity contribution in [1.82, 2.24) is 19.7 Å². The maximum Gasteiger partial charge on any atom is 0.250 e. The molecule has 0 aliphatic carbocycles. The van der Waals surface area contributed by atoms with Crippen molar-refractivity contribution in [1.29, 1.82) is 0 Å². The molecule has 4 rings (SSSR count). The number of ether oxygens (including phenoxy) is 1. The van der Waals surface area contributed by atoms with Gasteiger partial charge in [-0.15, -0.1) is 21.5 Å². The first kappa shape index (κ1) is 22.2. The number of hydrogen-bond donors (Lipinski definition) is 0. The summed E-state index contributed by atoms with van der Waals surface area (Å²) >= 11 is 1.40. The number of nitrogens with zero attached hydrogens (tertiary/aromatic N) is 4. The van der Waals surface area contributed by atoms with Crippen molar-refractivity contribution in [3.63, 3.8) is 0 Å². The van der Waals surface area contributed by atoms with Crippen LogP contribution in [-0.2, 0) is 22.1 Å². The standard InChI is InChI=1S/C23H24N4O3S2/c1-4-11-27-21(17-8-5-7-16(2)12-17)25-26-23(27)32(28,29)15-19-14-31-22(24-19)18-9-6-10-20(13-18)30-3/h5-10,12-14H,4,11,15H2,1-3H3. The topological polar surface area (TPSA) is 87.0 Å². The fourth-order valence-corrected chi connectivity index (χ4v) is 5.73. The summed E-state index contributed by atoms with van der Waals surface area (Å²) in [4.78, 5) is 4.55. The third-order valence-corrected chi connectivity index (χ3v) is 7.40. The Hall–Kier alpha value is -3.04. The van der Waals surface area contributed by atoms with Gasteiger partial charge in [0, 0.05) is 23.1 Å². The molecule has 166 valence electrons. The first-order valence-electron chi connectivity index (χ1n) is 10.2. The van der Waals surface area contributed by atoms with Gasteiger partial charge in [-0.05, 0) is 31.5 Å². The SMILES string of the molecule is CCCn1c(-c2cccc(C)c2)nnc1S(=O)(=O)Cc1csc(-c2cccc(OC)c2)n1. The van der Waals surface area contributed by atoms with Crippen LogP contribution in [0.3, 0.4) is 0 Å². The number of aromatic nitrogens is 4. The summed E-state index contributed by atoms with van der Waals surface area (Å²) in [5.74, 6) is 1.05. The smallest absolute Gasteiger partial charge is 0.250 e. The van der Waals surface area contributed by atoms with Gasteiger partial charge in [0.05, 0.1) is 12.8 Å². The molecule has 0 N–H and O–H groups in total. The van der Waals surface area contributed by atoms with Gasteiger partial charge in [-0.25, -0.2) is 13.4 Å². The van der Waals surface area contributed by atoms with E-state index in [1.807, 2.05) is 62.4 Å². The first-order valence-corrected chi connectivity index (χ1v) is 12.8. The molecule has 0 saturated heterocycles. The monoisotopic (exact) mass is 468 g/mol. The van der Waals surface area contributed by atoms with E-state index < -0.39 is 9.84 Å². The van der Waals surface area contributed by atoms with Crippen LogP contribution in [0.1, 0.15) is 24.6 Å². The molecule has 2 heterocycles. The van der Waals surface area contributed by atoms with Gasteiger partial charge in [-0.1, -0.05) is 42.8 Å². The van der Waals surface area contributed by atoms with E-state index in [9.17, 15) is 8.42 Å². The second-order valence-electron chi connectivity index (χ2n) is 7.46. The van der Waals surface area contributed by atoms with E-state index in [0.717, 1.165) is 33.9 Å². The van der Waals surface area contributed by atoms with Crippen LogP contribution in [0.4, 0.5) is 0 Å². The Labute approximate surface area is 191 Å². The molecule has 0 atom stereocenters. The van der Waals surface area contributed by atoms with Crippen molar-refractivity contribution in [3.05, 3.63) is 65.2 Å². The molecule has 0 radical (unpaired) electrons. The van der Waals surface area contributed by atoms with Crippen LogP contribution in [0.2, 0.25) is 0 Å². The van der Waals surface area contributed by atoms with Crippen LogP contribution in [-0.4, -0.2) is 35.3 Å². The summed E-state index contributed by atoms with van der Waals surface area (Å²) in [6, 6.07) is 15.4. The summed E-state index contributed by atoms with van der Waals surface area (Å²) in [6.45, 7) is 4.50. The Morgan fingerprint density at radius 3 is 2.59 bits per heavy atom. The quantitative estimate of drug-likeness (QED) is 0.370. The lowest BCUT2D eigenvalue weighted by atomic mass is 10.1. The van der Waals surface area contributed by atoms with Crippen LogP contribution in [0.15, 0.2) is 59.1 Å². The number of methoxy groups -OCH3 is 1. The van der Waals surface area contributed by atoms with E-state index in [4.69, 9.17) is 4.74 Å². The van der Waals surface area contributed by atoms with Crippen molar-refractivity contribution < 1.29 is 13.2 Å². The van der Waals surface area contributed by atoms with Gasteiger partial charge < -0.3 is 4.74 Å². The molecule has 0 amide bonds. The molecule has 7 nitrogen and oxygen atoms in total. The number of rotatable bonds is 8. The zero-order chi connectivity index (χ0) is 22.7. The average Bonchev–Trinajstić information content (AvgIpc) is 3.41. The van der Waals surface area contributed by atoms with Gasteiger partial charge in [-0.3, -0.25) is 4.57 Å². The number of sulfone groups is 1. The molecule has 0 unspecified atom stereocenters. The molecular formula is C23H24N4O3S2. The van der Waals surface area contributed by atoms with E-state index in [0.29, 0.717) is 18.1 Å². The van der Waals surface area contributed by atoms with Gasteiger partial charge in [0.1, 0.15) is 16.5 Å². The molecule has 9 heteroatoms. The Morgan fingerprint density at radius 1 is 1.06 bits per heavy atom. The minimum absolute atomic E-state index is 0.0215. The van der Waals surface area contributed by atoms with Crippen molar-refractivity contribution in [3.8, 4) is 27.7 Å². The van der Waals surface area contributed by atoms with Crippen LogP contribution in [0.25, 0.3) is 22.0 Å². The van der Waals surface area contributed by atoms with Crippen molar-refractivity contribution in [2.75, 3.05) is 7.11 Å². The highest BCUT2D eigenvalue weighted by atomic mass is 32.2. The predicted molar refractivity (Wildman–Crippen MR) is 125 cm³/mol.